The van der Waals surface area contributed by atoms with Crippen LogP contribution in [0.4, 0.5) is 0 Å². The molecule has 2 rings (SSSR count). The molecule has 1 N–H and O–H groups in total. The minimum Gasteiger partial charge on any atom is -0.465 e. The molecule has 0 saturated carbocycles. The smallest absolute Gasteiger partial charge is 0.118 e. The van der Waals surface area contributed by atoms with Gasteiger partial charge in [-0.2, -0.15) is 5.10 Å². The van der Waals surface area contributed by atoms with Gasteiger partial charge < -0.3 is 9.73 Å². The highest BCUT2D eigenvalue weighted by Gasteiger charge is 2.07. The molecule has 2 heterocycles. The average molecular weight is 284 g/mol. The Labute approximate surface area is 103 Å². The van der Waals surface area contributed by atoms with Gasteiger partial charge in [-0.15, -0.1) is 0 Å². The predicted octanol–water partition coefficient (Wildman–Crippen LogP) is 2.31. The third-order valence-electron chi connectivity index (χ3n) is 2.36. The van der Waals surface area contributed by atoms with Crippen LogP contribution < -0.4 is 5.32 Å². The van der Waals surface area contributed by atoms with Gasteiger partial charge in [-0.1, -0.05) is 0 Å². The number of nitrogens with zero attached hydrogens (tertiary/aromatic N) is 2. The van der Waals surface area contributed by atoms with Gasteiger partial charge >= 0.3 is 0 Å². The lowest BCUT2D eigenvalue weighted by Gasteiger charge is -1.98. The summed E-state index contributed by atoms with van der Waals surface area (Å²) in [6, 6.07) is 2.07. The molecule has 4 nitrogen and oxygen atoms in total. The Hall–Kier alpha value is -1.07. The highest BCUT2D eigenvalue weighted by Crippen LogP contribution is 2.16. The molecule has 0 aliphatic carbocycles. The molecule has 0 aromatic carbocycles. The molecular formula is C11H14BrN3O. The van der Waals surface area contributed by atoms with Crippen molar-refractivity contribution in [2.45, 2.75) is 20.0 Å². The molecule has 0 saturated heterocycles. The molecular weight excluding hydrogens is 270 g/mol. The van der Waals surface area contributed by atoms with E-state index in [4.69, 9.17) is 4.42 Å². The third-order valence-corrected chi connectivity index (χ3v) is 2.77. The Bertz CT molecular complexity index is 475. The Kier molecular flexibility index (Phi) is 3.46. The number of halogens is 1. The van der Waals surface area contributed by atoms with E-state index in [9.17, 15) is 0 Å². The second-order valence-electron chi connectivity index (χ2n) is 3.68. The fourth-order valence-corrected chi connectivity index (χ4v) is 1.93. The summed E-state index contributed by atoms with van der Waals surface area (Å²) in [6.45, 7) is 3.47. The lowest BCUT2D eigenvalue weighted by Crippen LogP contribution is -2.03. The number of hydrogen-bond acceptors (Lipinski definition) is 3. The minimum absolute atomic E-state index is 0.741. The number of rotatable bonds is 4. The summed E-state index contributed by atoms with van der Waals surface area (Å²) in [6.07, 6.45) is 3.73. The number of aryl methyl sites for hydroxylation is 1. The Morgan fingerprint density at radius 2 is 2.38 bits per heavy atom. The third kappa shape index (κ3) is 2.54. The normalized spacial score (nSPS) is 10.9. The van der Waals surface area contributed by atoms with E-state index in [0.717, 1.165) is 29.1 Å². The topological polar surface area (TPSA) is 43.0 Å². The van der Waals surface area contributed by atoms with Crippen molar-refractivity contribution in [1.82, 2.24) is 15.1 Å². The van der Waals surface area contributed by atoms with Crippen LogP contribution in [0, 0.1) is 6.92 Å². The van der Waals surface area contributed by atoms with Gasteiger partial charge in [0.25, 0.3) is 0 Å². The molecule has 2 aromatic rings. The van der Waals surface area contributed by atoms with E-state index in [-0.39, 0.29) is 0 Å². The second-order valence-corrected chi connectivity index (χ2v) is 4.60. The van der Waals surface area contributed by atoms with Crippen LogP contribution in [0.2, 0.25) is 0 Å². The molecule has 0 bridgehead atoms. The van der Waals surface area contributed by atoms with Crippen molar-refractivity contribution in [3.63, 3.8) is 0 Å². The average Bonchev–Trinajstić information content (AvgIpc) is 2.76. The quantitative estimate of drug-likeness (QED) is 0.937. The van der Waals surface area contributed by atoms with E-state index < -0.39 is 0 Å². The van der Waals surface area contributed by atoms with Gasteiger partial charge in [-0.3, -0.25) is 4.68 Å². The van der Waals surface area contributed by atoms with Gasteiger partial charge in [0.1, 0.15) is 11.5 Å². The molecule has 0 amide bonds. The highest BCUT2D eigenvalue weighted by molar-refractivity contribution is 9.10. The van der Waals surface area contributed by atoms with Gasteiger partial charge in [0.05, 0.1) is 23.8 Å². The summed E-state index contributed by atoms with van der Waals surface area (Å²) in [7, 11) is 1.90. The Morgan fingerprint density at radius 3 is 3.00 bits per heavy atom. The van der Waals surface area contributed by atoms with Crippen molar-refractivity contribution in [1.29, 1.82) is 0 Å². The summed E-state index contributed by atoms with van der Waals surface area (Å²) in [5, 5.41) is 7.29. The Morgan fingerprint density at radius 1 is 1.56 bits per heavy atom. The van der Waals surface area contributed by atoms with Gasteiger partial charge in [-0.05, 0) is 36.0 Å². The van der Waals surface area contributed by atoms with Crippen molar-refractivity contribution in [3.8, 4) is 0 Å². The summed E-state index contributed by atoms with van der Waals surface area (Å²) in [4.78, 5) is 0. The molecule has 2 aromatic heterocycles. The molecule has 16 heavy (non-hydrogen) atoms. The van der Waals surface area contributed by atoms with E-state index in [1.807, 2.05) is 24.9 Å². The maximum atomic E-state index is 5.62. The zero-order valence-corrected chi connectivity index (χ0v) is 10.9. The van der Waals surface area contributed by atoms with Gasteiger partial charge in [-0.25, -0.2) is 0 Å². The fraction of sp³-hybridized carbons (Fsp3) is 0.364. The predicted molar refractivity (Wildman–Crippen MR) is 65.2 cm³/mol. The number of nitrogens with one attached hydrogen (secondary N) is 1. The van der Waals surface area contributed by atoms with E-state index in [1.165, 1.54) is 5.56 Å². The van der Waals surface area contributed by atoms with E-state index in [2.05, 4.69) is 32.4 Å². The van der Waals surface area contributed by atoms with Crippen LogP contribution in [-0.4, -0.2) is 16.8 Å². The number of aromatic nitrogens is 2. The monoisotopic (exact) mass is 283 g/mol. The first-order valence-electron chi connectivity index (χ1n) is 5.10. The Balaban J connectivity index is 2.14. The van der Waals surface area contributed by atoms with Crippen LogP contribution in [0.1, 0.15) is 17.1 Å². The SMILES string of the molecule is CNCc1cc(Cn2cc(Br)cn2)c(C)o1. The molecule has 86 valence electrons. The van der Waals surface area contributed by atoms with Crippen LogP contribution in [0.3, 0.4) is 0 Å². The highest BCUT2D eigenvalue weighted by atomic mass is 79.9. The molecule has 0 atom stereocenters. The zero-order chi connectivity index (χ0) is 11.5. The maximum Gasteiger partial charge on any atom is 0.118 e. The second kappa shape index (κ2) is 4.84. The van der Waals surface area contributed by atoms with Gasteiger partial charge in [0.15, 0.2) is 0 Å². The molecule has 0 unspecified atom stereocenters. The molecule has 0 aliphatic heterocycles. The lowest BCUT2D eigenvalue weighted by atomic mass is 10.2. The summed E-state index contributed by atoms with van der Waals surface area (Å²) in [5.41, 5.74) is 1.17. The van der Waals surface area contributed by atoms with Crippen LogP contribution in [-0.2, 0) is 13.1 Å². The number of hydrogen-bond donors (Lipinski definition) is 1. The van der Waals surface area contributed by atoms with E-state index in [0.29, 0.717) is 0 Å². The van der Waals surface area contributed by atoms with Crippen molar-refractivity contribution < 1.29 is 4.42 Å². The first-order chi connectivity index (χ1) is 7.69. The first-order valence-corrected chi connectivity index (χ1v) is 5.89. The van der Waals surface area contributed by atoms with Gasteiger partial charge in [0, 0.05) is 11.8 Å². The fourth-order valence-electron chi connectivity index (χ4n) is 1.61. The summed E-state index contributed by atoms with van der Waals surface area (Å²) >= 11 is 3.38. The van der Waals surface area contributed by atoms with E-state index in [1.54, 1.807) is 6.20 Å². The van der Waals surface area contributed by atoms with Crippen molar-refractivity contribution in [2.24, 2.45) is 0 Å². The van der Waals surface area contributed by atoms with Crippen LogP contribution in [0.15, 0.2) is 27.3 Å². The lowest BCUT2D eigenvalue weighted by molar-refractivity contribution is 0.468. The van der Waals surface area contributed by atoms with Crippen molar-refractivity contribution in [2.75, 3.05) is 7.05 Å². The van der Waals surface area contributed by atoms with Crippen molar-refractivity contribution >= 4 is 15.9 Å². The summed E-state index contributed by atoms with van der Waals surface area (Å²) < 4.78 is 8.49. The van der Waals surface area contributed by atoms with Crippen LogP contribution >= 0.6 is 15.9 Å². The maximum absolute atomic E-state index is 5.62. The van der Waals surface area contributed by atoms with E-state index >= 15 is 0 Å². The molecule has 0 aliphatic rings. The first kappa shape index (κ1) is 11.4. The molecule has 0 spiro atoms. The molecule has 5 heteroatoms. The molecule has 0 radical (unpaired) electrons. The van der Waals surface area contributed by atoms with Crippen LogP contribution in [0.5, 0.6) is 0 Å². The number of furan rings is 1. The van der Waals surface area contributed by atoms with Crippen LogP contribution in [0.25, 0.3) is 0 Å². The largest absolute Gasteiger partial charge is 0.465 e. The summed E-state index contributed by atoms with van der Waals surface area (Å²) in [5.74, 6) is 1.91. The zero-order valence-electron chi connectivity index (χ0n) is 9.33. The minimum atomic E-state index is 0.741. The van der Waals surface area contributed by atoms with Crippen molar-refractivity contribution in [3.05, 3.63) is 40.0 Å². The van der Waals surface area contributed by atoms with Gasteiger partial charge in [0.2, 0.25) is 0 Å². The standard InChI is InChI=1S/C11H14BrN3O/c1-8-9(3-11(16-8)5-13-2)6-15-7-10(12)4-14-15/h3-4,7,13H,5-6H2,1-2H3. The molecule has 0 fully saturated rings.